The summed E-state index contributed by atoms with van der Waals surface area (Å²) in [5, 5.41) is 18.9. The summed E-state index contributed by atoms with van der Waals surface area (Å²) in [6.45, 7) is 0. The number of halogens is 1. The fourth-order valence-electron chi connectivity index (χ4n) is 1.61. The van der Waals surface area contributed by atoms with Gasteiger partial charge in [-0.2, -0.15) is 0 Å². The molecule has 14 heavy (non-hydrogen) atoms. The summed E-state index contributed by atoms with van der Waals surface area (Å²) in [7, 11) is 0.177. The van der Waals surface area contributed by atoms with Gasteiger partial charge in [0.25, 0.3) is 0 Å². The third-order valence-corrected chi connectivity index (χ3v) is 4.80. The third kappa shape index (κ3) is 2.28. The maximum atomic E-state index is 9.59. The van der Waals surface area contributed by atoms with Crippen molar-refractivity contribution in [2.24, 2.45) is 0 Å². The molecule has 0 bridgehead atoms. The van der Waals surface area contributed by atoms with Crippen LogP contribution >= 0.6 is 0 Å². The molecule has 78 valence electrons. The number of hydrogen-bond donors (Lipinski definition) is 2. The number of phenols is 2. The van der Waals surface area contributed by atoms with Crippen LogP contribution in [0.5, 0.6) is 11.5 Å². The molecule has 4 heteroatoms. The summed E-state index contributed by atoms with van der Waals surface area (Å²) in [6, 6.07) is 4.80. The molecule has 0 unspecified atom stereocenters. The predicted octanol–water partition coefficient (Wildman–Crippen LogP) is -1.13. The minimum absolute atomic E-state index is 0. The SMILES string of the molecule is Oc1ccc(O)c([S+]2CCCC2)c1.[Cl-]. The Morgan fingerprint density at radius 3 is 2.36 bits per heavy atom. The lowest BCUT2D eigenvalue weighted by Gasteiger charge is -2.02. The van der Waals surface area contributed by atoms with Crippen LogP contribution in [0.1, 0.15) is 12.8 Å². The zero-order valence-electron chi connectivity index (χ0n) is 7.74. The van der Waals surface area contributed by atoms with Crippen LogP contribution in [0, 0.1) is 0 Å². The van der Waals surface area contributed by atoms with Crippen LogP contribution < -0.4 is 12.4 Å². The number of aromatic hydroxyl groups is 2. The molecule has 1 aromatic rings. The number of hydrogen-bond acceptors (Lipinski definition) is 2. The van der Waals surface area contributed by atoms with Gasteiger partial charge in [-0.15, -0.1) is 0 Å². The number of benzene rings is 1. The van der Waals surface area contributed by atoms with Gasteiger partial charge in [-0.25, -0.2) is 0 Å². The van der Waals surface area contributed by atoms with Gasteiger partial charge in [-0.1, -0.05) is 0 Å². The van der Waals surface area contributed by atoms with Crippen LogP contribution in [0.25, 0.3) is 0 Å². The normalized spacial score (nSPS) is 16.6. The molecule has 0 spiro atoms. The van der Waals surface area contributed by atoms with Crippen molar-refractivity contribution in [2.45, 2.75) is 17.7 Å². The summed E-state index contributed by atoms with van der Waals surface area (Å²) in [6.07, 6.45) is 2.50. The molecule has 1 aliphatic rings. The Kier molecular flexibility index (Phi) is 3.96. The van der Waals surface area contributed by atoms with Gasteiger partial charge in [0.1, 0.15) is 17.3 Å². The third-order valence-electron chi connectivity index (χ3n) is 2.29. The van der Waals surface area contributed by atoms with Gasteiger partial charge < -0.3 is 22.6 Å². The van der Waals surface area contributed by atoms with Gasteiger partial charge in [-0.3, -0.25) is 0 Å². The second kappa shape index (κ2) is 4.80. The Hall–Kier alpha value is -0.540. The lowest BCUT2D eigenvalue weighted by molar-refractivity contribution is -0.00000475. The zero-order chi connectivity index (χ0) is 9.26. The van der Waals surface area contributed by atoms with E-state index in [1.807, 2.05) is 0 Å². The molecule has 1 aromatic carbocycles. The zero-order valence-corrected chi connectivity index (χ0v) is 9.31. The molecule has 2 rings (SSSR count). The van der Waals surface area contributed by atoms with Crippen LogP contribution in [0.3, 0.4) is 0 Å². The van der Waals surface area contributed by atoms with Crippen molar-refractivity contribution in [3.05, 3.63) is 18.2 Å². The van der Waals surface area contributed by atoms with Crippen molar-refractivity contribution >= 4 is 10.9 Å². The molecule has 1 fully saturated rings. The number of phenolic OH excluding ortho intramolecular Hbond substituents is 2. The van der Waals surface area contributed by atoms with Crippen molar-refractivity contribution in [2.75, 3.05) is 11.5 Å². The molecule has 1 saturated heterocycles. The highest BCUT2D eigenvalue weighted by atomic mass is 35.5. The highest BCUT2D eigenvalue weighted by Crippen LogP contribution is 2.32. The van der Waals surface area contributed by atoms with E-state index in [0.29, 0.717) is 5.75 Å². The molecule has 2 nitrogen and oxygen atoms in total. The van der Waals surface area contributed by atoms with Crippen LogP contribution in [0.15, 0.2) is 23.1 Å². The monoisotopic (exact) mass is 232 g/mol. The second-order valence-electron chi connectivity index (χ2n) is 3.26. The van der Waals surface area contributed by atoms with Crippen molar-refractivity contribution in [3.8, 4) is 11.5 Å². The van der Waals surface area contributed by atoms with Crippen LogP contribution in [-0.2, 0) is 10.9 Å². The highest BCUT2D eigenvalue weighted by molar-refractivity contribution is 7.97. The van der Waals surface area contributed by atoms with E-state index in [0.717, 1.165) is 16.4 Å². The van der Waals surface area contributed by atoms with E-state index in [9.17, 15) is 10.2 Å². The molecular weight excluding hydrogens is 220 g/mol. The van der Waals surface area contributed by atoms with Crippen LogP contribution in [-0.4, -0.2) is 21.7 Å². The first-order valence-corrected chi connectivity index (χ1v) is 6.03. The smallest absolute Gasteiger partial charge is 0.200 e. The Bertz CT molecular complexity index is 311. The Labute approximate surface area is 92.7 Å². The summed E-state index contributed by atoms with van der Waals surface area (Å²) in [5.41, 5.74) is 0. The molecule has 1 heterocycles. The van der Waals surface area contributed by atoms with E-state index in [4.69, 9.17) is 0 Å². The first-order valence-electron chi connectivity index (χ1n) is 4.47. The fraction of sp³-hybridized carbons (Fsp3) is 0.400. The van der Waals surface area contributed by atoms with Gasteiger partial charge in [0.2, 0.25) is 0 Å². The largest absolute Gasteiger partial charge is 1.00 e. The summed E-state index contributed by atoms with van der Waals surface area (Å²) in [5.74, 6) is 2.92. The standard InChI is InChI=1S/C10H12O2S.ClH/c11-8-3-4-9(12)10(7-8)13-5-1-2-6-13;/h3-4,7H,1-2,5-6H2,(H-,11,12);1H. The van der Waals surface area contributed by atoms with E-state index in [1.165, 1.54) is 18.9 Å². The van der Waals surface area contributed by atoms with Crippen molar-refractivity contribution < 1.29 is 22.6 Å². The topological polar surface area (TPSA) is 40.5 Å². The van der Waals surface area contributed by atoms with E-state index in [2.05, 4.69) is 0 Å². The molecule has 1 aliphatic heterocycles. The summed E-state index contributed by atoms with van der Waals surface area (Å²) in [4.78, 5) is 0.942. The maximum Gasteiger partial charge on any atom is 0.200 e. The number of rotatable bonds is 1. The minimum Gasteiger partial charge on any atom is -1.00 e. The van der Waals surface area contributed by atoms with Gasteiger partial charge in [-0.05, 0) is 25.0 Å². The Morgan fingerprint density at radius 2 is 1.71 bits per heavy atom. The predicted molar refractivity (Wildman–Crippen MR) is 54.4 cm³/mol. The molecule has 0 radical (unpaired) electrons. The lowest BCUT2D eigenvalue weighted by Crippen LogP contribution is -3.00. The quantitative estimate of drug-likeness (QED) is 0.476. The van der Waals surface area contributed by atoms with Crippen LogP contribution in [0.2, 0.25) is 0 Å². The molecule has 0 atom stereocenters. The summed E-state index contributed by atoms with van der Waals surface area (Å²) >= 11 is 0. The first kappa shape index (κ1) is 11.5. The van der Waals surface area contributed by atoms with Gasteiger partial charge in [0, 0.05) is 17.0 Å². The molecule has 0 amide bonds. The second-order valence-corrected chi connectivity index (χ2v) is 5.50. The minimum atomic E-state index is 0. The molecule has 0 aromatic heterocycles. The first-order chi connectivity index (χ1) is 6.27. The van der Waals surface area contributed by atoms with Crippen molar-refractivity contribution in [3.63, 3.8) is 0 Å². The van der Waals surface area contributed by atoms with Gasteiger partial charge in [0.15, 0.2) is 10.6 Å². The van der Waals surface area contributed by atoms with Crippen molar-refractivity contribution in [1.29, 1.82) is 0 Å². The molecule has 0 aliphatic carbocycles. The Morgan fingerprint density at radius 1 is 1.07 bits per heavy atom. The van der Waals surface area contributed by atoms with Crippen molar-refractivity contribution in [1.82, 2.24) is 0 Å². The molecule has 2 N–H and O–H groups in total. The van der Waals surface area contributed by atoms with Gasteiger partial charge >= 0.3 is 0 Å². The Balaban J connectivity index is 0.000000980. The lowest BCUT2D eigenvalue weighted by atomic mass is 10.3. The highest BCUT2D eigenvalue weighted by Gasteiger charge is 2.29. The summed E-state index contributed by atoms with van der Waals surface area (Å²) < 4.78 is 0. The average Bonchev–Trinajstić information content (AvgIpc) is 2.61. The van der Waals surface area contributed by atoms with E-state index >= 15 is 0 Å². The average molecular weight is 233 g/mol. The van der Waals surface area contributed by atoms with Crippen LogP contribution in [0.4, 0.5) is 0 Å². The maximum absolute atomic E-state index is 9.59. The van der Waals surface area contributed by atoms with E-state index in [-0.39, 0.29) is 29.1 Å². The van der Waals surface area contributed by atoms with Gasteiger partial charge in [0.05, 0.1) is 0 Å². The van der Waals surface area contributed by atoms with E-state index in [1.54, 1.807) is 12.1 Å². The fourth-order valence-corrected chi connectivity index (χ4v) is 4.01. The molecule has 0 saturated carbocycles. The van der Waals surface area contributed by atoms with E-state index < -0.39 is 0 Å². The molecular formula is C10H13ClO2S.